The molecule has 1 atom stereocenters. The molecule has 1 saturated heterocycles. The molecule has 1 aromatic carbocycles. The number of nitrogens with zero attached hydrogens (tertiary/aromatic N) is 1. The third kappa shape index (κ3) is 3.71. The van der Waals surface area contributed by atoms with Crippen molar-refractivity contribution in [3.63, 3.8) is 0 Å². The zero-order chi connectivity index (χ0) is 13.7. The van der Waals surface area contributed by atoms with Gasteiger partial charge in [-0.1, -0.05) is 19.9 Å². The van der Waals surface area contributed by atoms with Crippen LogP contribution in [0.2, 0.25) is 0 Å². The van der Waals surface area contributed by atoms with Crippen LogP contribution >= 0.6 is 0 Å². The van der Waals surface area contributed by atoms with Crippen LogP contribution in [0.15, 0.2) is 18.2 Å². The number of hydrogen-bond donors (Lipinski definition) is 1. The number of aryl methyl sites for hydroxylation is 1. The minimum atomic E-state index is 0.385. The lowest BCUT2D eigenvalue weighted by atomic mass is 10.1. The number of rotatable bonds is 5. The van der Waals surface area contributed by atoms with Gasteiger partial charge in [-0.25, -0.2) is 0 Å². The lowest BCUT2D eigenvalue weighted by Crippen LogP contribution is -2.42. The van der Waals surface area contributed by atoms with Gasteiger partial charge in [-0.15, -0.1) is 0 Å². The molecular formula is C16H26N2O. The summed E-state index contributed by atoms with van der Waals surface area (Å²) in [5.41, 5.74) is 4.10. The second-order valence-corrected chi connectivity index (χ2v) is 5.24. The zero-order valence-electron chi connectivity index (χ0n) is 12.4. The molecule has 1 N–H and O–H groups in total. The fourth-order valence-electron chi connectivity index (χ4n) is 2.54. The van der Waals surface area contributed by atoms with E-state index in [0.29, 0.717) is 6.10 Å². The molecule has 1 heterocycles. The Morgan fingerprint density at radius 3 is 2.89 bits per heavy atom. The quantitative estimate of drug-likeness (QED) is 0.883. The lowest BCUT2D eigenvalue weighted by Gasteiger charge is -2.34. The molecule has 106 valence electrons. The van der Waals surface area contributed by atoms with Crippen LogP contribution in [0.5, 0.6) is 0 Å². The van der Waals surface area contributed by atoms with E-state index in [-0.39, 0.29) is 0 Å². The number of nitrogens with one attached hydrogen (secondary N) is 1. The molecule has 0 amide bonds. The van der Waals surface area contributed by atoms with Gasteiger partial charge in [0.1, 0.15) is 0 Å². The molecule has 3 heteroatoms. The fraction of sp³-hybridized carbons (Fsp3) is 0.625. The highest BCUT2D eigenvalue weighted by Gasteiger charge is 2.19. The minimum absolute atomic E-state index is 0.385. The third-order valence-corrected chi connectivity index (χ3v) is 3.85. The highest BCUT2D eigenvalue weighted by Crippen LogP contribution is 2.22. The van der Waals surface area contributed by atoms with E-state index in [4.69, 9.17) is 4.74 Å². The van der Waals surface area contributed by atoms with Crippen molar-refractivity contribution in [1.82, 2.24) is 5.32 Å². The van der Waals surface area contributed by atoms with Gasteiger partial charge in [-0.3, -0.25) is 0 Å². The molecule has 0 spiro atoms. The van der Waals surface area contributed by atoms with Gasteiger partial charge in [0.2, 0.25) is 0 Å². The largest absolute Gasteiger partial charge is 0.375 e. The predicted molar refractivity (Wildman–Crippen MR) is 80.8 cm³/mol. The summed E-state index contributed by atoms with van der Waals surface area (Å²) in [5.74, 6) is 0. The third-order valence-electron chi connectivity index (χ3n) is 3.85. The molecule has 1 unspecified atom stereocenters. The maximum atomic E-state index is 5.73. The molecule has 1 aromatic rings. The van der Waals surface area contributed by atoms with E-state index < -0.39 is 0 Å². The van der Waals surface area contributed by atoms with Gasteiger partial charge < -0.3 is 15.0 Å². The van der Waals surface area contributed by atoms with Gasteiger partial charge >= 0.3 is 0 Å². The summed E-state index contributed by atoms with van der Waals surface area (Å²) >= 11 is 0. The summed E-state index contributed by atoms with van der Waals surface area (Å²) in [7, 11) is 0. The van der Waals surface area contributed by atoms with Crippen molar-refractivity contribution in [1.29, 1.82) is 0 Å². The van der Waals surface area contributed by atoms with E-state index in [9.17, 15) is 0 Å². The van der Waals surface area contributed by atoms with Crippen molar-refractivity contribution in [2.45, 2.75) is 39.8 Å². The smallest absolute Gasteiger partial charge is 0.0748 e. The summed E-state index contributed by atoms with van der Waals surface area (Å²) in [5, 5.41) is 3.39. The van der Waals surface area contributed by atoms with E-state index in [2.05, 4.69) is 49.2 Å². The van der Waals surface area contributed by atoms with Gasteiger partial charge in [-0.2, -0.15) is 0 Å². The van der Waals surface area contributed by atoms with E-state index in [0.717, 1.165) is 39.2 Å². The monoisotopic (exact) mass is 262 g/mol. The van der Waals surface area contributed by atoms with Gasteiger partial charge in [0.15, 0.2) is 0 Å². The fourth-order valence-corrected chi connectivity index (χ4v) is 2.54. The molecule has 0 saturated carbocycles. The molecule has 1 fully saturated rings. The second-order valence-electron chi connectivity index (χ2n) is 5.24. The van der Waals surface area contributed by atoms with Crippen LogP contribution < -0.4 is 10.2 Å². The SMILES string of the molecule is CCNCc1ccc(N2CCOC(CC)C2)cc1C. The summed E-state index contributed by atoms with van der Waals surface area (Å²) in [6.45, 7) is 11.4. The van der Waals surface area contributed by atoms with Crippen LogP contribution in [0, 0.1) is 6.92 Å². The van der Waals surface area contributed by atoms with E-state index in [1.165, 1.54) is 16.8 Å². The molecule has 3 nitrogen and oxygen atoms in total. The number of anilines is 1. The first-order valence-corrected chi connectivity index (χ1v) is 7.41. The number of benzene rings is 1. The van der Waals surface area contributed by atoms with Crippen LogP contribution in [0.4, 0.5) is 5.69 Å². The van der Waals surface area contributed by atoms with Crippen LogP contribution in [0.25, 0.3) is 0 Å². The molecule has 0 aliphatic carbocycles. The molecule has 1 aliphatic heterocycles. The molecule has 1 aliphatic rings. The molecule has 0 aromatic heterocycles. The van der Waals surface area contributed by atoms with Crippen LogP contribution in [-0.2, 0) is 11.3 Å². The summed E-state index contributed by atoms with van der Waals surface area (Å²) in [6.07, 6.45) is 1.48. The van der Waals surface area contributed by atoms with E-state index in [1.807, 2.05) is 0 Å². The normalized spacial score (nSPS) is 19.7. The van der Waals surface area contributed by atoms with Gasteiger partial charge in [0.05, 0.1) is 12.7 Å². The van der Waals surface area contributed by atoms with Gasteiger partial charge in [-0.05, 0) is 43.1 Å². The van der Waals surface area contributed by atoms with Crippen LogP contribution in [0.1, 0.15) is 31.4 Å². The van der Waals surface area contributed by atoms with E-state index in [1.54, 1.807) is 0 Å². The Kier molecular flexibility index (Phi) is 5.23. The molecule has 0 radical (unpaired) electrons. The average Bonchev–Trinajstić information content (AvgIpc) is 2.46. The van der Waals surface area contributed by atoms with Gasteiger partial charge in [0, 0.05) is 25.3 Å². The van der Waals surface area contributed by atoms with Crippen molar-refractivity contribution in [2.24, 2.45) is 0 Å². The maximum Gasteiger partial charge on any atom is 0.0748 e. The van der Waals surface area contributed by atoms with Crippen molar-refractivity contribution in [3.05, 3.63) is 29.3 Å². The highest BCUT2D eigenvalue weighted by atomic mass is 16.5. The number of hydrogen-bond acceptors (Lipinski definition) is 3. The zero-order valence-corrected chi connectivity index (χ0v) is 12.4. The van der Waals surface area contributed by atoms with Crippen molar-refractivity contribution < 1.29 is 4.74 Å². The Labute approximate surface area is 116 Å². The maximum absolute atomic E-state index is 5.73. The Morgan fingerprint density at radius 2 is 2.21 bits per heavy atom. The molecule has 0 bridgehead atoms. The molecule has 2 rings (SSSR count). The first kappa shape index (κ1) is 14.4. The van der Waals surface area contributed by atoms with Crippen molar-refractivity contribution >= 4 is 5.69 Å². The number of ether oxygens (including phenoxy) is 1. The standard InChI is InChI=1S/C16H26N2O/c1-4-16-12-18(8-9-19-16)15-7-6-14(11-17-5-2)13(3)10-15/h6-7,10,16-17H,4-5,8-9,11-12H2,1-3H3. The predicted octanol–water partition coefficient (Wildman–Crippen LogP) is 2.72. The minimum Gasteiger partial charge on any atom is -0.375 e. The molecular weight excluding hydrogens is 236 g/mol. The van der Waals surface area contributed by atoms with Crippen molar-refractivity contribution in [3.8, 4) is 0 Å². The average molecular weight is 262 g/mol. The van der Waals surface area contributed by atoms with Crippen molar-refractivity contribution in [2.75, 3.05) is 31.1 Å². The first-order valence-electron chi connectivity index (χ1n) is 7.41. The second kappa shape index (κ2) is 6.92. The number of morpholine rings is 1. The van der Waals surface area contributed by atoms with Gasteiger partial charge in [0.25, 0.3) is 0 Å². The van der Waals surface area contributed by atoms with Crippen LogP contribution in [0.3, 0.4) is 0 Å². The van der Waals surface area contributed by atoms with E-state index >= 15 is 0 Å². The Morgan fingerprint density at radius 1 is 1.37 bits per heavy atom. The Bertz CT molecular complexity index is 406. The molecule has 19 heavy (non-hydrogen) atoms. The lowest BCUT2D eigenvalue weighted by molar-refractivity contribution is 0.0384. The topological polar surface area (TPSA) is 24.5 Å². The summed E-state index contributed by atoms with van der Waals surface area (Å²) < 4.78 is 5.73. The Balaban J connectivity index is 2.06. The summed E-state index contributed by atoms with van der Waals surface area (Å²) in [4.78, 5) is 2.45. The first-order chi connectivity index (χ1) is 9.24. The van der Waals surface area contributed by atoms with Crippen LogP contribution in [-0.4, -0.2) is 32.3 Å². The summed E-state index contributed by atoms with van der Waals surface area (Å²) in [6, 6.07) is 6.81. The Hall–Kier alpha value is -1.06. The highest BCUT2D eigenvalue weighted by molar-refractivity contribution is 5.51.